The fraction of sp³-hybridized carbons (Fsp3) is 0.227. The number of allylic oxidation sites excluding steroid dienone is 1. The Morgan fingerprint density at radius 3 is 2.71 bits per heavy atom. The summed E-state index contributed by atoms with van der Waals surface area (Å²) in [6.07, 6.45) is 1.87. The van der Waals surface area contributed by atoms with Gasteiger partial charge in [-0.1, -0.05) is 45.4 Å². The van der Waals surface area contributed by atoms with Gasteiger partial charge < -0.3 is 10.6 Å². The molecule has 1 aliphatic heterocycles. The largest absolute Gasteiger partial charge is 0.328 e. The second-order valence-corrected chi connectivity index (χ2v) is 9.06. The molecule has 0 fully saturated rings. The number of thioether (sulfide) groups is 1. The number of hydrogen-bond donors (Lipinski definition) is 2. The number of halogens is 2. The molecule has 0 saturated heterocycles. The summed E-state index contributed by atoms with van der Waals surface area (Å²) in [5.41, 5.74) is 4.07. The van der Waals surface area contributed by atoms with Crippen LogP contribution in [-0.2, 0) is 4.79 Å². The highest BCUT2D eigenvalue weighted by molar-refractivity contribution is 9.10. The second-order valence-electron chi connectivity index (χ2n) is 7.37. The average molecular weight is 502 g/mol. The van der Waals surface area contributed by atoms with Crippen LogP contribution in [0.4, 0.5) is 16.0 Å². The maximum atomic E-state index is 15.0. The molecule has 1 amide bonds. The van der Waals surface area contributed by atoms with E-state index < -0.39 is 11.9 Å². The molecule has 0 unspecified atom stereocenters. The van der Waals surface area contributed by atoms with Crippen molar-refractivity contribution in [3.63, 3.8) is 0 Å². The number of fused-ring (bicyclic) bond motifs is 1. The van der Waals surface area contributed by atoms with Gasteiger partial charge >= 0.3 is 0 Å². The lowest BCUT2D eigenvalue weighted by Crippen LogP contribution is -2.32. The molecule has 160 valence electrons. The summed E-state index contributed by atoms with van der Waals surface area (Å²) in [5.74, 6) is -0.283. The van der Waals surface area contributed by atoms with Crippen LogP contribution in [0.2, 0.25) is 0 Å². The highest BCUT2D eigenvalue weighted by Crippen LogP contribution is 2.38. The number of rotatable bonds is 4. The maximum absolute atomic E-state index is 15.0. The van der Waals surface area contributed by atoms with Crippen molar-refractivity contribution in [2.75, 3.05) is 16.9 Å². The molecule has 1 aromatic heterocycles. The van der Waals surface area contributed by atoms with E-state index in [2.05, 4.69) is 36.6 Å². The molecule has 0 bridgehead atoms. The fourth-order valence-corrected chi connectivity index (χ4v) is 4.39. The molecule has 0 saturated carbocycles. The number of benzene rings is 2. The third kappa shape index (κ3) is 4.12. The topological polar surface area (TPSA) is 71.8 Å². The molecule has 2 aromatic carbocycles. The Bertz CT molecular complexity index is 1220. The number of amides is 1. The van der Waals surface area contributed by atoms with Crippen molar-refractivity contribution in [1.29, 1.82) is 0 Å². The zero-order chi connectivity index (χ0) is 22.3. The molecular formula is C22H21BrFN5OS. The minimum Gasteiger partial charge on any atom is -0.328 e. The predicted octanol–water partition coefficient (Wildman–Crippen LogP) is 5.45. The van der Waals surface area contributed by atoms with Gasteiger partial charge in [-0.15, -0.1) is 5.10 Å². The van der Waals surface area contributed by atoms with Gasteiger partial charge in [0, 0.05) is 21.4 Å². The van der Waals surface area contributed by atoms with Gasteiger partial charge in [0.1, 0.15) is 11.9 Å². The van der Waals surface area contributed by atoms with Gasteiger partial charge in [-0.2, -0.15) is 4.98 Å². The monoisotopic (exact) mass is 501 g/mol. The van der Waals surface area contributed by atoms with E-state index in [0.717, 1.165) is 11.1 Å². The summed E-state index contributed by atoms with van der Waals surface area (Å²) in [6.45, 7) is 5.73. The van der Waals surface area contributed by atoms with Crippen molar-refractivity contribution in [3.05, 3.63) is 74.6 Å². The van der Waals surface area contributed by atoms with E-state index in [-0.39, 0.29) is 5.91 Å². The first-order valence-electron chi connectivity index (χ1n) is 9.60. The number of aryl methyl sites for hydroxylation is 2. The summed E-state index contributed by atoms with van der Waals surface area (Å²) >= 11 is 4.79. The van der Waals surface area contributed by atoms with Gasteiger partial charge in [0.2, 0.25) is 11.1 Å². The minimum atomic E-state index is -0.770. The van der Waals surface area contributed by atoms with Crippen LogP contribution in [0.1, 0.15) is 29.7 Å². The lowest BCUT2D eigenvalue weighted by Gasteiger charge is -2.29. The van der Waals surface area contributed by atoms with Crippen molar-refractivity contribution in [1.82, 2.24) is 14.8 Å². The third-order valence-electron chi connectivity index (χ3n) is 5.14. The van der Waals surface area contributed by atoms with Crippen molar-refractivity contribution in [2.45, 2.75) is 32.0 Å². The van der Waals surface area contributed by atoms with E-state index in [4.69, 9.17) is 0 Å². The first kappa shape index (κ1) is 21.6. The molecule has 6 nitrogen and oxygen atoms in total. The molecule has 9 heteroatoms. The van der Waals surface area contributed by atoms with Crippen molar-refractivity contribution >= 4 is 45.2 Å². The Balaban J connectivity index is 1.83. The van der Waals surface area contributed by atoms with Crippen LogP contribution in [0, 0.1) is 19.7 Å². The highest BCUT2D eigenvalue weighted by atomic mass is 79.9. The molecular weight excluding hydrogens is 481 g/mol. The Hall–Kier alpha value is -2.65. The Morgan fingerprint density at radius 2 is 2.00 bits per heavy atom. The van der Waals surface area contributed by atoms with Gasteiger partial charge in [0.05, 0.1) is 5.57 Å². The van der Waals surface area contributed by atoms with E-state index in [1.807, 2.05) is 38.3 Å². The molecule has 0 radical (unpaired) electrons. The zero-order valence-electron chi connectivity index (χ0n) is 17.5. The van der Waals surface area contributed by atoms with Crippen LogP contribution in [0.3, 0.4) is 0 Å². The van der Waals surface area contributed by atoms with Crippen LogP contribution < -0.4 is 10.6 Å². The molecule has 1 aliphatic rings. The fourth-order valence-electron chi connectivity index (χ4n) is 3.67. The molecule has 2 heterocycles. The number of nitrogens with zero attached hydrogens (tertiary/aromatic N) is 3. The number of carbonyl (C=O) groups excluding carboxylic acids is 1. The van der Waals surface area contributed by atoms with Crippen LogP contribution in [0.25, 0.3) is 0 Å². The summed E-state index contributed by atoms with van der Waals surface area (Å²) in [7, 11) is 0. The van der Waals surface area contributed by atoms with E-state index >= 15 is 0 Å². The Morgan fingerprint density at radius 1 is 1.23 bits per heavy atom. The lowest BCUT2D eigenvalue weighted by atomic mass is 9.94. The number of carbonyl (C=O) groups is 1. The van der Waals surface area contributed by atoms with Gasteiger partial charge in [0.15, 0.2) is 0 Å². The van der Waals surface area contributed by atoms with Crippen molar-refractivity contribution in [3.8, 4) is 0 Å². The number of anilines is 2. The first-order valence-corrected chi connectivity index (χ1v) is 11.6. The summed E-state index contributed by atoms with van der Waals surface area (Å²) in [6, 6.07) is 9.72. The Kier molecular flexibility index (Phi) is 5.90. The maximum Gasteiger partial charge on any atom is 0.255 e. The number of aromatic nitrogens is 3. The molecule has 2 N–H and O–H groups in total. The smallest absolute Gasteiger partial charge is 0.255 e. The highest BCUT2D eigenvalue weighted by Gasteiger charge is 2.36. The molecule has 4 rings (SSSR count). The van der Waals surface area contributed by atoms with E-state index in [9.17, 15) is 9.18 Å². The Labute approximate surface area is 192 Å². The summed E-state index contributed by atoms with van der Waals surface area (Å²) < 4.78 is 17.3. The standard InChI is InChI=1S/C22H21BrFN5OS/c1-11-5-8-17(12(2)9-11)26-20(30)18-13(3)25-21-27-22(31-4)28-29(21)19(18)15-10-14(23)6-7-16(15)24/h5-10,19H,1-4H3,(H,26,30)(H,25,27,28)/t19-/m0/s1. The van der Waals surface area contributed by atoms with Gasteiger partial charge in [-0.3, -0.25) is 4.79 Å². The number of hydrogen-bond acceptors (Lipinski definition) is 5. The summed E-state index contributed by atoms with van der Waals surface area (Å²) in [5, 5.41) is 11.2. The van der Waals surface area contributed by atoms with Crippen LogP contribution in [0.15, 0.2) is 57.3 Å². The number of nitrogens with one attached hydrogen (secondary N) is 2. The van der Waals surface area contributed by atoms with Crippen LogP contribution in [0.5, 0.6) is 0 Å². The van der Waals surface area contributed by atoms with Gasteiger partial charge in [-0.25, -0.2) is 9.07 Å². The average Bonchev–Trinajstić information content (AvgIpc) is 3.13. The van der Waals surface area contributed by atoms with E-state index in [1.54, 1.807) is 23.7 Å². The zero-order valence-corrected chi connectivity index (χ0v) is 19.9. The van der Waals surface area contributed by atoms with Gasteiger partial charge in [0.25, 0.3) is 5.91 Å². The van der Waals surface area contributed by atoms with E-state index in [0.29, 0.717) is 38.1 Å². The SMILES string of the molecule is CSc1nc2n(n1)[C@@H](c1cc(Br)ccc1F)C(C(=O)Nc1ccc(C)cc1C)=C(C)N2. The lowest BCUT2D eigenvalue weighted by molar-refractivity contribution is -0.113. The first-order chi connectivity index (χ1) is 14.8. The molecule has 1 atom stereocenters. The van der Waals surface area contributed by atoms with Crippen molar-refractivity contribution in [2.24, 2.45) is 0 Å². The predicted molar refractivity (Wildman–Crippen MR) is 125 cm³/mol. The van der Waals surface area contributed by atoms with E-state index in [1.165, 1.54) is 17.8 Å². The van der Waals surface area contributed by atoms with Gasteiger partial charge in [-0.05, 0) is 56.9 Å². The quantitative estimate of drug-likeness (QED) is 0.465. The molecule has 3 aromatic rings. The van der Waals surface area contributed by atoms with Crippen LogP contribution >= 0.6 is 27.7 Å². The normalized spacial score (nSPS) is 15.5. The summed E-state index contributed by atoms with van der Waals surface area (Å²) in [4.78, 5) is 17.9. The molecule has 31 heavy (non-hydrogen) atoms. The van der Waals surface area contributed by atoms with Crippen LogP contribution in [-0.4, -0.2) is 26.9 Å². The second kappa shape index (κ2) is 8.47. The third-order valence-corrected chi connectivity index (χ3v) is 6.17. The molecule has 0 aliphatic carbocycles. The van der Waals surface area contributed by atoms with Crippen molar-refractivity contribution < 1.29 is 9.18 Å². The minimum absolute atomic E-state index is 0.326. The molecule has 0 spiro atoms.